The van der Waals surface area contributed by atoms with E-state index in [1.54, 1.807) is 54.7 Å². The molecule has 1 aliphatic heterocycles. The quantitative estimate of drug-likeness (QED) is 0.723. The number of hydrogen-bond donors (Lipinski definition) is 1. The summed E-state index contributed by atoms with van der Waals surface area (Å²) < 4.78 is 0. The van der Waals surface area contributed by atoms with Crippen LogP contribution in [0.5, 0.6) is 0 Å². The number of carbonyl (C=O) groups excluding carboxylic acids is 3. The Kier molecular flexibility index (Phi) is 3.89. The van der Waals surface area contributed by atoms with E-state index in [-0.39, 0.29) is 6.54 Å². The van der Waals surface area contributed by atoms with Crippen molar-refractivity contribution in [2.75, 3.05) is 11.9 Å². The molecule has 0 aliphatic carbocycles. The third-order valence-corrected chi connectivity index (χ3v) is 4.39. The van der Waals surface area contributed by atoms with Gasteiger partial charge in [0.15, 0.2) is 0 Å². The van der Waals surface area contributed by atoms with E-state index in [1.807, 2.05) is 0 Å². The second-order valence-corrected chi connectivity index (χ2v) is 6.25. The lowest BCUT2D eigenvalue weighted by Gasteiger charge is -2.14. The molecule has 1 aromatic heterocycles. The first-order valence-electron chi connectivity index (χ1n) is 7.84. The van der Waals surface area contributed by atoms with Gasteiger partial charge in [-0.05, 0) is 36.4 Å². The number of carbonyl (C=O) groups is 3. The molecule has 4 rings (SSSR count). The first-order chi connectivity index (χ1) is 12.5. The first-order valence-corrected chi connectivity index (χ1v) is 8.22. The number of benzene rings is 2. The lowest BCUT2D eigenvalue weighted by Crippen LogP contribution is -2.37. The van der Waals surface area contributed by atoms with Gasteiger partial charge in [0.1, 0.15) is 6.54 Å². The van der Waals surface area contributed by atoms with Crippen molar-refractivity contribution in [1.29, 1.82) is 0 Å². The molecular weight excluding hydrogens is 354 g/mol. The minimum atomic E-state index is -0.480. The van der Waals surface area contributed by atoms with Gasteiger partial charge >= 0.3 is 0 Å². The third-order valence-electron chi connectivity index (χ3n) is 4.16. The van der Waals surface area contributed by atoms with Crippen LogP contribution in [0.4, 0.5) is 5.69 Å². The number of rotatable bonds is 3. The van der Waals surface area contributed by atoms with Crippen LogP contribution < -0.4 is 5.32 Å². The maximum atomic E-state index is 12.4. The molecule has 0 spiro atoms. The van der Waals surface area contributed by atoms with Crippen molar-refractivity contribution in [2.24, 2.45) is 0 Å². The van der Waals surface area contributed by atoms with Crippen LogP contribution in [-0.2, 0) is 4.79 Å². The number of halogens is 1. The predicted molar refractivity (Wildman–Crippen MR) is 97.2 cm³/mol. The van der Waals surface area contributed by atoms with E-state index in [0.717, 1.165) is 4.90 Å². The molecule has 0 saturated carbocycles. The number of hydrogen-bond acceptors (Lipinski definition) is 4. The smallest absolute Gasteiger partial charge is 0.262 e. The molecule has 6 nitrogen and oxygen atoms in total. The molecular formula is C19H12ClN3O3. The molecule has 3 aromatic rings. The molecule has 2 heterocycles. The fourth-order valence-corrected chi connectivity index (χ4v) is 3.12. The van der Waals surface area contributed by atoms with E-state index < -0.39 is 17.7 Å². The van der Waals surface area contributed by atoms with Crippen LogP contribution in [0.15, 0.2) is 54.7 Å². The van der Waals surface area contributed by atoms with Gasteiger partial charge in [-0.25, -0.2) is 0 Å². The highest BCUT2D eigenvalue weighted by Gasteiger charge is 2.36. The summed E-state index contributed by atoms with van der Waals surface area (Å²) in [6.45, 7) is -0.364. The Morgan fingerprint density at radius 3 is 2.42 bits per heavy atom. The number of nitrogens with zero attached hydrogens (tertiary/aromatic N) is 2. The van der Waals surface area contributed by atoms with Crippen LogP contribution >= 0.6 is 11.6 Å². The Bertz CT molecular complexity index is 1050. The van der Waals surface area contributed by atoms with Crippen LogP contribution in [0.1, 0.15) is 20.7 Å². The normalized spacial score (nSPS) is 13.2. The summed E-state index contributed by atoms with van der Waals surface area (Å²) in [5, 5.41) is 3.91. The summed E-state index contributed by atoms with van der Waals surface area (Å²) in [4.78, 5) is 42.3. The van der Waals surface area contributed by atoms with Gasteiger partial charge in [-0.3, -0.25) is 24.3 Å². The standard InChI is InChI=1S/C19H12ClN3O3/c20-11-5-6-15-14(9-11)16(7-8-21-15)22-17(24)10-23-18(25)12-3-1-2-4-13(12)19(23)26/h1-9H,10H2,(H,21,22,24). The van der Waals surface area contributed by atoms with Crippen molar-refractivity contribution >= 4 is 45.9 Å². The molecule has 0 radical (unpaired) electrons. The molecule has 0 bridgehead atoms. The van der Waals surface area contributed by atoms with Crippen molar-refractivity contribution in [2.45, 2.75) is 0 Å². The zero-order chi connectivity index (χ0) is 18.3. The summed E-state index contributed by atoms with van der Waals surface area (Å²) in [5.41, 5.74) is 1.81. The lowest BCUT2D eigenvalue weighted by atomic mass is 10.1. The van der Waals surface area contributed by atoms with Gasteiger partial charge in [0.2, 0.25) is 5.91 Å². The van der Waals surface area contributed by atoms with Gasteiger partial charge in [-0.2, -0.15) is 0 Å². The fraction of sp³-hybridized carbons (Fsp3) is 0.0526. The van der Waals surface area contributed by atoms with Gasteiger partial charge in [0.25, 0.3) is 11.8 Å². The second kappa shape index (κ2) is 6.24. The van der Waals surface area contributed by atoms with Gasteiger partial charge in [-0.15, -0.1) is 0 Å². The van der Waals surface area contributed by atoms with Crippen molar-refractivity contribution in [3.8, 4) is 0 Å². The van der Waals surface area contributed by atoms with E-state index in [1.165, 1.54) is 0 Å². The maximum Gasteiger partial charge on any atom is 0.262 e. The number of aromatic nitrogens is 1. The number of imide groups is 1. The molecule has 1 aliphatic rings. The average molecular weight is 366 g/mol. The van der Waals surface area contributed by atoms with Gasteiger partial charge in [-0.1, -0.05) is 23.7 Å². The average Bonchev–Trinajstić information content (AvgIpc) is 2.87. The summed E-state index contributed by atoms with van der Waals surface area (Å²) >= 11 is 6.02. The predicted octanol–water partition coefficient (Wildman–Crippen LogP) is 3.12. The monoisotopic (exact) mass is 365 g/mol. The Labute approximate surface area is 153 Å². The Balaban J connectivity index is 1.57. The topological polar surface area (TPSA) is 79.4 Å². The molecule has 3 amide bonds. The molecule has 0 atom stereocenters. The summed E-state index contributed by atoms with van der Waals surface area (Å²) in [5.74, 6) is -1.42. The van der Waals surface area contributed by atoms with Crippen molar-refractivity contribution in [1.82, 2.24) is 9.88 Å². The summed E-state index contributed by atoms with van der Waals surface area (Å²) in [6.07, 6.45) is 1.56. The van der Waals surface area contributed by atoms with Crippen molar-refractivity contribution in [3.63, 3.8) is 0 Å². The van der Waals surface area contributed by atoms with Crippen LogP contribution in [0.3, 0.4) is 0 Å². The van der Waals surface area contributed by atoms with Gasteiger partial charge in [0, 0.05) is 16.6 Å². The third kappa shape index (κ3) is 2.70. The van der Waals surface area contributed by atoms with Crippen LogP contribution in [0.2, 0.25) is 5.02 Å². The minimum absolute atomic E-state index is 0.312. The number of pyridine rings is 1. The first kappa shape index (κ1) is 16.2. The number of fused-ring (bicyclic) bond motifs is 2. The summed E-state index contributed by atoms with van der Waals surface area (Å²) in [7, 11) is 0. The fourth-order valence-electron chi connectivity index (χ4n) is 2.94. The lowest BCUT2D eigenvalue weighted by molar-refractivity contribution is -0.116. The maximum absolute atomic E-state index is 12.4. The van der Waals surface area contributed by atoms with E-state index in [9.17, 15) is 14.4 Å². The number of anilines is 1. The Morgan fingerprint density at radius 1 is 1.04 bits per heavy atom. The van der Waals surface area contributed by atoms with Crippen molar-refractivity contribution in [3.05, 3.63) is 70.9 Å². The largest absolute Gasteiger partial charge is 0.324 e. The number of nitrogens with one attached hydrogen (secondary N) is 1. The summed E-state index contributed by atoms with van der Waals surface area (Å²) in [6, 6.07) is 13.3. The molecule has 1 N–H and O–H groups in total. The molecule has 0 fully saturated rings. The van der Waals surface area contributed by atoms with Gasteiger partial charge < -0.3 is 5.32 Å². The second-order valence-electron chi connectivity index (χ2n) is 5.81. The SMILES string of the molecule is O=C(CN1C(=O)c2ccccc2C1=O)Nc1ccnc2ccc(Cl)cc12. The van der Waals surface area contributed by atoms with E-state index in [2.05, 4.69) is 10.3 Å². The van der Waals surface area contributed by atoms with Crippen LogP contribution in [0, 0.1) is 0 Å². The highest BCUT2D eigenvalue weighted by Crippen LogP contribution is 2.26. The zero-order valence-corrected chi connectivity index (χ0v) is 14.2. The van der Waals surface area contributed by atoms with Crippen LogP contribution in [0.25, 0.3) is 10.9 Å². The van der Waals surface area contributed by atoms with E-state index in [0.29, 0.717) is 32.7 Å². The minimum Gasteiger partial charge on any atom is -0.324 e. The Hall–Kier alpha value is -3.25. The zero-order valence-electron chi connectivity index (χ0n) is 13.4. The molecule has 26 heavy (non-hydrogen) atoms. The highest BCUT2D eigenvalue weighted by molar-refractivity contribution is 6.31. The molecule has 0 unspecified atom stereocenters. The molecule has 128 valence electrons. The van der Waals surface area contributed by atoms with Crippen molar-refractivity contribution < 1.29 is 14.4 Å². The molecule has 2 aromatic carbocycles. The Morgan fingerprint density at radius 2 is 1.73 bits per heavy atom. The molecule has 0 saturated heterocycles. The van der Waals surface area contributed by atoms with Gasteiger partial charge in [0.05, 0.1) is 22.3 Å². The van der Waals surface area contributed by atoms with E-state index >= 15 is 0 Å². The number of amides is 3. The van der Waals surface area contributed by atoms with E-state index in [4.69, 9.17) is 11.6 Å². The highest BCUT2D eigenvalue weighted by atomic mass is 35.5. The molecule has 7 heteroatoms. The van der Waals surface area contributed by atoms with Crippen LogP contribution in [-0.4, -0.2) is 34.2 Å².